The molecule has 1 aromatic carbocycles. The molecule has 0 unspecified atom stereocenters. The third-order valence-electron chi connectivity index (χ3n) is 3.39. The third-order valence-corrected chi connectivity index (χ3v) is 4.33. The van der Waals surface area contributed by atoms with Gasteiger partial charge in [-0.2, -0.15) is 0 Å². The molecule has 1 amide bonds. The zero-order valence-electron chi connectivity index (χ0n) is 12.0. The molecule has 1 aliphatic rings. The Morgan fingerprint density at radius 3 is 3.00 bits per heavy atom. The van der Waals surface area contributed by atoms with Crippen molar-refractivity contribution in [1.82, 2.24) is 10.3 Å². The number of anilines is 1. The predicted molar refractivity (Wildman–Crippen MR) is 84.3 cm³/mol. The molecule has 1 saturated heterocycles. The lowest BCUT2D eigenvalue weighted by Crippen LogP contribution is -2.37. The SMILES string of the molecule is Cc1coc(-c2cc(NC(=O)[C@H]3CSCN3)ccc2C)n1. The molecule has 1 aliphatic heterocycles. The van der Waals surface area contributed by atoms with Crippen LogP contribution in [0, 0.1) is 13.8 Å². The lowest BCUT2D eigenvalue weighted by Gasteiger charge is -2.12. The van der Waals surface area contributed by atoms with Crippen LogP contribution in [0.5, 0.6) is 0 Å². The van der Waals surface area contributed by atoms with Gasteiger partial charge in [0.1, 0.15) is 6.26 Å². The molecular formula is C15H17N3O2S. The van der Waals surface area contributed by atoms with Crippen molar-refractivity contribution >= 4 is 23.4 Å². The largest absolute Gasteiger partial charge is 0.444 e. The number of nitrogens with zero attached hydrogens (tertiary/aromatic N) is 1. The fourth-order valence-corrected chi connectivity index (χ4v) is 3.14. The van der Waals surface area contributed by atoms with E-state index in [1.165, 1.54) is 0 Å². The number of oxazole rings is 1. The van der Waals surface area contributed by atoms with Crippen LogP contribution in [-0.2, 0) is 4.79 Å². The van der Waals surface area contributed by atoms with Gasteiger partial charge in [-0.25, -0.2) is 4.98 Å². The lowest BCUT2D eigenvalue weighted by atomic mass is 10.1. The van der Waals surface area contributed by atoms with Crippen LogP contribution in [0.2, 0.25) is 0 Å². The molecule has 0 bridgehead atoms. The van der Waals surface area contributed by atoms with Gasteiger partial charge < -0.3 is 9.73 Å². The van der Waals surface area contributed by atoms with Crippen LogP contribution < -0.4 is 10.6 Å². The summed E-state index contributed by atoms with van der Waals surface area (Å²) in [6.45, 7) is 3.88. The zero-order chi connectivity index (χ0) is 14.8. The van der Waals surface area contributed by atoms with Crippen molar-refractivity contribution in [1.29, 1.82) is 0 Å². The molecule has 2 aromatic rings. The molecular weight excluding hydrogens is 286 g/mol. The van der Waals surface area contributed by atoms with E-state index >= 15 is 0 Å². The van der Waals surface area contributed by atoms with Crippen molar-refractivity contribution in [3.05, 3.63) is 35.7 Å². The standard InChI is InChI=1S/C15H17N3O2S/c1-9-3-4-11(18-14(19)13-7-21-8-16-13)5-12(9)15-17-10(2)6-20-15/h3-6,13,16H,7-8H2,1-2H3,(H,18,19)/t13-/m1/s1. The number of hydrogen-bond donors (Lipinski definition) is 2. The summed E-state index contributed by atoms with van der Waals surface area (Å²) in [7, 11) is 0. The molecule has 5 nitrogen and oxygen atoms in total. The average molecular weight is 303 g/mol. The summed E-state index contributed by atoms with van der Waals surface area (Å²) in [6, 6.07) is 5.64. The summed E-state index contributed by atoms with van der Waals surface area (Å²) in [6.07, 6.45) is 1.62. The maximum absolute atomic E-state index is 12.1. The van der Waals surface area contributed by atoms with Crippen LogP contribution in [-0.4, -0.2) is 28.6 Å². The monoisotopic (exact) mass is 303 g/mol. The van der Waals surface area contributed by atoms with E-state index in [4.69, 9.17) is 4.42 Å². The normalized spacial score (nSPS) is 17.9. The molecule has 0 aliphatic carbocycles. The molecule has 0 saturated carbocycles. The molecule has 0 radical (unpaired) electrons. The Morgan fingerprint density at radius 2 is 2.33 bits per heavy atom. The minimum Gasteiger partial charge on any atom is -0.444 e. The Kier molecular flexibility index (Phi) is 3.98. The Balaban J connectivity index is 1.82. The maximum Gasteiger partial charge on any atom is 0.242 e. The molecule has 1 aromatic heterocycles. The number of amides is 1. The number of thioether (sulfide) groups is 1. The first-order valence-corrected chi connectivity index (χ1v) is 7.94. The van der Waals surface area contributed by atoms with Crippen molar-refractivity contribution in [3.63, 3.8) is 0 Å². The number of benzene rings is 1. The molecule has 21 heavy (non-hydrogen) atoms. The van der Waals surface area contributed by atoms with E-state index in [2.05, 4.69) is 15.6 Å². The Morgan fingerprint density at radius 1 is 1.48 bits per heavy atom. The minimum atomic E-state index is -0.122. The van der Waals surface area contributed by atoms with E-state index < -0.39 is 0 Å². The van der Waals surface area contributed by atoms with Crippen molar-refractivity contribution in [2.45, 2.75) is 19.9 Å². The number of carbonyl (C=O) groups is 1. The minimum absolute atomic E-state index is 0.00149. The number of hydrogen-bond acceptors (Lipinski definition) is 5. The molecule has 110 valence electrons. The van der Waals surface area contributed by atoms with Crippen LogP contribution in [0.4, 0.5) is 5.69 Å². The number of carbonyl (C=O) groups excluding carboxylic acids is 1. The topological polar surface area (TPSA) is 67.2 Å². The highest BCUT2D eigenvalue weighted by atomic mass is 32.2. The van der Waals surface area contributed by atoms with Crippen LogP contribution >= 0.6 is 11.8 Å². The first-order chi connectivity index (χ1) is 10.1. The zero-order valence-corrected chi connectivity index (χ0v) is 12.8. The maximum atomic E-state index is 12.1. The quantitative estimate of drug-likeness (QED) is 0.912. The molecule has 0 spiro atoms. The fraction of sp³-hybridized carbons (Fsp3) is 0.333. The summed E-state index contributed by atoms with van der Waals surface area (Å²) in [4.78, 5) is 16.5. The highest BCUT2D eigenvalue weighted by Gasteiger charge is 2.22. The second-order valence-corrected chi connectivity index (χ2v) is 6.12. The second-order valence-electron chi connectivity index (χ2n) is 5.08. The Hall–Kier alpha value is -1.79. The van der Waals surface area contributed by atoms with Crippen LogP contribution in [0.15, 0.2) is 28.9 Å². The summed E-state index contributed by atoms with van der Waals surface area (Å²) in [5.41, 5.74) is 3.56. The van der Waals surface area contributed by atoms with E-state index in [9.17, 15) is 4.79 Å². The first-order valence-electron chi connectivity index (χ1n) is 6.78. The number of rotatable bonds is 3. The van der Waals surface area contributed by atoms with E-state index in [0.29, 0.717) is 5.89 Å². The van der Waals surface area contributed by atoms with E-state index in [1.807, 2.05) is 32.0 Å². The van der Waals surface area contributed by atoms with Crippen molar-refractivity contribution in [3.8, 4) is 11.5 Å². The van der Waals surface area contributed by atoms with Gasteiger partial charge in [0, 0.05) is 22.9 Å². The first kappa shape index (κ1) is 14.2. The van der Waals surface area contributed by atoms with Crippen molar-refractivity contribution in [2.75, 3.05) is 16.9 Å². The van der Waals surface area contributed by atoms with Gasteiger partial charge in [-0.1, -0.05) is 6.07 Å². The van der Waals surface area contributed by atoms with E-state index in [0.717, 1.165) is 34.1 Å². The molecule has 6 heteroatoms. The molecule has 1 atom stereocenters. The molecule has 1 fully saturated rings. The summed E-state index contributed by atoms with van der Waals surface area (Å²) in [5.74, 6) is 2.21. The van der Waals surface area contributed by atoms with Gasteiger partial charge in [0.05, 0.1) is 11.7 Å². The smallest absolute Gasteiger partial charge is 0.242 e. The summed E-state index contributed by atoms with van der Waals surface area (Å²) >= 11 is 1.73. The molecule has 2 N–H and O–H groups in total. The van der Waals surface area contributed by atoms with Crippen LogP contribution in [0.3, 0.4) is 0 Å². The third kappa shape index (κ3) is 3.11. The Labute approximate surface area is 127 Å². The number of nitrogens with one attached hydrogen (secondary N) is 2. The van der Waals surface area contributed by atoms with Crippen molar-refractivity contribution in [2.24, 2.45) is 0 Å². The molecule has 3 rings (SSSR count). The van der Waals surface area contributed by atoms with Gasteiger partial charge >= 0.3 is 0 Å². The molecule has 2 heterocycles. The van der Waals surface area contributed by atoms with Gasteiger partial charge in [0.15, 0.2) is 0 Å². The lowest BCUT2D eigenvalue weighted by molar-refractivity contribution is -0.117. The predicted octanol–water partition coefficient (Wildman–Crippen LogP) is 2.56. The highest BCUT2D eigenvalue weighted by molar-refractivity contribution is 7.99. The van der Waals surface area contributed by atoms with E-state index in [1.54, 1.807) is 18.0 Å². The van der Waals surface area contributed by atoms with Gasteiger partial charge in [0.2, 0.25) is 11.8 Å². The van der Waals surface area contributed by atoms with E-state index in [-0.39, 0.29) is 11.9 Å². The average Bonchev–Trinajstić information content (AvgIpc) is 3.12. The van der Waals surface area contributed by atoms with Gasteiger partial charge in [-0.05, 0) is 31.5 Å². The number of aryl methyl sites for hydroxylation is 2. The second kappa shape index (κ2) is 5.91. The Bertz CT molecular complexity index is 663. The summed E-state index contributed by atoms with van der Waals surface area (Å²) < 4.78 is 5.45. The van der Waals surface area contributed by atoms with Crippen LogP contribution in [0.1, 0.15) is 11.3 Å². The van der Waals surface area contributed by atoms with Gasteiger partial charge in [-0.15, -0.1) is 11.8 Å². The van der Waals surface area contributed by atoms with Gasteiger partial charge in [0.25, 0.3) is 0 Å². The van der Waals surface area contributed by atoms with Crippen molar-refractivity contribution < 1.29 is 9.21 Å². The number of aromatic nitrogens is 1. The highest BCUT2D eigenvalue weighted by Crippen LogP contribution is 2.26. The van der Waals surface area contributed by atoms with Gasteiger partial charge in [-0.3, -0.25) is 10.1 Å². The summed E-state index contributed by atoms with van der Waals surface area (Å²) in [5, 5.41) is 6.10. The fourth-order valence-electron chi connectivity index (χ4n) is 2.20. The van der Waals surface area contributed by atoms with Crippen LogP contribution in [0.25, 0.3) is 11.5 Å².